The molecule has 140 valence electrons. The molecule has 0 aliphatic carbocycles. The highest BCUT2D eigenvalue weighted by atomic mass is 16.2. The lowest BCUT2D eigenvalue weighted by atomic mass is 10.1. The second-order valence-corrected chi connectivity index (χ2v) is 6.83. The van der Waals surface area contributed by atoms with Gasteiger partial charge in [0.05, 0.1) is 5.39 Å². The monoisotopic (exact) mass is 359 g/mol. The van der Waals surface area contributed by atoms with E-state index < -0.39 is 5.91 Å². The van der Waals surface area contributed by atoms with Crippen LogP contribution in [0.1, 0.15) is 30.8 Å². The lowest BCUT2D eigenvalue weighted by Crippen LogP contribution is -2.43. The van der Waals surface area contributed by atoms with Crippen molar-refractivity contribution >= 4 is 22.6 Å². The third-order valence-electron chi connectivity index (χ3n) is 3.72. The van der Waals surface area contributed by atoms with E-state index in [1.807, 2.05) is 32.8 Å². The number of rotatable bonds is 6. The molecular formula is C18H25N5O3. The molecule has 0 aliphatic heterocycles. The van der Waals surface area contributed by atoms with Gasteiger partial charge in [0.1, 0.15) is 0 Å². The summed E-state index contributed by atoms with van der Waals surface area (Å²) in [5.74, 6) is -0.660. The highest BCUT2D eigenvalue weighted by Crippen LogP contribution is 2.13. The second-order valence-electron chi connectivity index (χ2n) is 6.83. The number of fused-ring (bicyclic) bond motifs is 1. The Bertz CT molecular complexity index is 858. The molecule has 0 radical (unpaired) electrons. The summed E-state index contributed by atoms with van der Waals surface area (Å²) in [6, 6.07) is 6.83. The molecule has 26 heavy (non-hydrogen) atoms. The smallest absolute Gasteiger partial charge is 0.290 e. The van der Waals surface area contributed by atoms with Gasteiger partial charge in [-0.2, -0.15) is 5.10 Å². The summed E-state index contributed by atoms with van der Waals surface area (Å²) in [6.45, 7) is 4.91. The van der Waals surface area contributed by atoms with Crippen LogP contribution in [0.4, 0.5) is 0 Å². The maximum absolute atomic E-state index is 12.5. The molecule has 1 aromatic carbocycles. The molecule has 1 aromatic heterocycles. The standard InChI is InChI=1S/C18H25N5O3/c1-12(2)11-23-18(26)14-8-6-5-7-13(14)16(21-23)17(25)20-19-15(24)9-10-22(3)4/h5-8,12H,9-11H2,1-4H3,(H,19,24)(H,20,25). The van der Waals surface area contributed by atoms with Crippen LogP contribution in [0.3, 0.4) is 0 Å². The van der Waals surface area contributed by atoms with Gasteiger partial charge in [0.15, 0.2) is 5.69 Å². The van der Waals surface area contributed by atoms with Crippen LogP contribution in [-0.2, 0) is 11.3 Å². The maximum Gasteiger partial charge on any atom is 0.290 e. The summed E-state index contributed by atoms with van der Waals surface area (Å²) in [4.78, 5) is 38.7. The fraction of sp³-hybridized carbons (Fsp3) is 0.444. The van der Waals surface area contributed by atoms with Crippen LogP contribution in [0.15, 0.2) is 29.1 Å². The van der Waals surface area contributed by atoms with E-state index in [9.17, 15) is 14.4 Å². The van der Waals surface area contributed by atoms with E-state index in [1.54, 1.807) is 24.3 Å². The molecule has 2 rings (SSSR count). The predicted octanol–water partition coefficient (Wildman–Crippen LogP) is 0.765. The molecular weight excluding hydrogens is 334 g/mol. The zero-order valence-corrected chi connectivity index (χ0v) is 15.6. The van der Waals surface area contributed by atoms with Gasteiger partial charge in [-0.1, -0.05) is 32.0 Å². The highest BCUT2D eigenvalue weighted by Gasteiger charge is 2.17. The zero-order valence-electron chi connectivity index (χ0n) is 15.6. The van der Waals surface area contributed by atoms with Crippen LogP contribution < -0.4 is 16.4 Å². The van der Waals surface area contributed by atoms with E-state index in [0.717, 1.165) is 0 Å². The second kappa shape index (κ2) is 8.57. The van der Waals surface area contributed by atoms with Crippen LogP contribution in [0.5, 0.6) is 0 Å². The first kappa shape index (κ1) is 19.6. The van der Waals surface area contributed by atoms with E-state index in [2.05, 4.69) is 16.0 Å². The maximum atomic E-state index is 12.5. The van der Waals surface area contributed by atoms with Crippen LogP contribution in [-0.4, -0.2) is 47.1 Å². The normalized spacial score (nSPS) is 11.2. The van der Waals surface area contributed by atoms with Gasteiger partial charge in [-0.25, -0.2) is 4.68 Å². The van der Waals surface area contributed by atoms with Crippen molar-refractivity contribution in [2.75, 3.05) is 20.6 Å². The van der Waals surface area contributed by atoms with Crippen LogP contribution in [0.2, 0.25) is 0 Å². The van der Waals surface area contributed by atoms with Gasteiger partial charge in [0.2, 0.25) is 5.91 Å². The largest absolute Gasteiger partial charge is 0.309 e. The Morgan fingerprint density at radius 3 is 2.42 bits per heavy atom. The Hall–Kier alpha value is -2.74. The van der Waals surface area contributed by atoms with Crippen molar-refractivity contribution in [3.8, 4) is 0 Å². The molecule has 0 atom stereocenters. The summed E-state index contributed by atoms with van der Waals surface area (Å²) in [5.41, 5.74) is 4.63. The molecule has 0 fully saturated rings. The molecule has 0 saturated carbocycles. The van der Waals surface area contributed by atoms with Crippen molar-refractivity contribution in [2.24, 2.45) is 5.92 Å². The van der Waals surface area contributed by atoms with E-state index in [1.165, 1.54) is 4.68 Å². The van der Waals surface area contributed by atoms with Crippen molar-refractivity contribution in [2.45, 2.75) is 26.8 Å². The summed E-state index contributed by atoms with van der Waals surface area (Å²) in [7, 11) is 3.72. The number of carbonyl (C=O) groups excluding carboxylic acids is 2. The van der Waals surface area contributed by atoms with Crippen molar-refractivity contribution in [1.29, 1.82) is 0 Å². The molecule has 1 heterocycles. The molecule has 0 spiro atoms. The van der Waals surface area contributed by atoms with Gasteiger partial charge in [-0.15, -0.1) is 0 Å². The van der Waals surface area contributed by atoms with Crippen molar-refractivity contribution in [3.63, 3.8) is 0 Å². The first-order valence-electron chi connectivity index (χ1n) is 8.53. The molecule has 2 N–H and O–H groups in total. The number of carbonyl (C=O) groups is 2. The molecule has 0 saturated heterocycles. The van der Waals surface area contributed by atoms with Crippen molar-refractivity contribution in [3.05, 3.63) is 40.3 Å². The van der Waals surface area contributed by atoms with Gasteiger partial charge < -0.3 is 4.90 Å². The summed E-state index contributed by atoms with van der Waals surface area (Å²) in [5, 5.41) is 5.10. The lowest BCUT2D eigenvalue weighted by Gasteiger charge is -2.13. The topological polar surface area (TPSA) is 96.3 Å². The van der Waals surface area contributed by atoms with E-state index in [-0.39, 0.29) is 29.5 Å². The third kappa shape index (κ3) is 4.89. The fourth-order valence-corrected chi connectivity index (χ4v) is 2.45. The average Bonchev–Trinajstić information content (AvgIpc) is 2.60. The quantitative estimate of drug-likeness (QED) is 0.743. The number of benzene rings is 1. The van der Waals surface area contributed by atoms with Gasteiger partial charge in [0.25, 0.3) is 11.5 Å². The average molecular weight is 359 g/mol. The Labute approximate surface area is 152 Å². The van der Waals surface area contributed by atoms with E-state index in [0.29, 0.717) is 23.9 Å². The molecule has 0 bridgehead atoms. The van der Waals surface area contributed by atoms with Crippen LogP contribution in [0.25, 0.3) is 10.8 Å². The Morgan fingerprint density at radius 2 is 1.81 bits per heavy atom. The minimum Gasteiger partial charge on any atom is -0.309 e. The third-order valence-corrected chi connectivity index (χ3v) is 3.72. The molecule has 8 heteroatoms. The fourth-order valence-electron chi connectivity index (χ4n) is 2.45. The number of nitrogens with one attached hydrogen (secondary N) is 2. The molecule has 2 amide bonds. The van der Waals surface area contributed by atoms with E-state index >= 15 is 0 Å². The SMILES string of the molecule is CC(C)Cn1nc(C(=O)NNC(=O)CCN(C)C)c2ccccc2c1=O. The number of hydrazine groups is 1. The van der Waals surface area contributed by atoms with Gasteiger partial charge in [0, 0.05) is 24.9 Å². The molecule has 0 unspecified atom stereocenters. The Kier molecular flexibility index (Phi) is 6.46. The zero-order chi connectivity index (χ0) is 19.3. The van der Waals surface area contributed by atoms with Crippen LogP contribution in [0, 0.1) is 5.92 Å². The first-order chi connectivity index (χ1) is 12.3. The number of hydrogen-bond acceptors (Lipinski definition) is 5. The number of nitrogens with zero attached hydrogens (tertiary/aromatic N) is 3. The van der Waals surface area contributed by atoms with Crippen molar-refractivity contribution in [1.82, 2.24) is 25.5 Å². The molecule has 2 aromatic rings. The highest BCUT2D eigenvalue weighted by molar-refractivity contribution is 6.05. The van der Waals surface area contributed by atoms with Crippen LogP contribution >= 0.6 is 0 Å². The number of hydrogen-bond donors (Lipinski definition) is 2. The Balaban J connectivity index is 2.27. The van der Waals surface area contributed by atoms with E-state index in [4.69, 9.17) is 0 Å². The molecule has 8 nitrogen and oxygen atoms in total. The summed E-state index contributed by atoms with van der Waals surface area (Å²) in [6.07, 6.45) is 0.258. The first-order valence-corrected chi connectivity index (χ1v) is 8.53. The lowest BCUT2D eigenvalue weighted by molar-refractivity contribution is -0.122. The Morgan fingerprint density at radius 1 is 1.15 bits per heavy atom. The van der Waals surface area contributed by atoms with Gasteiger partial charge in [-0.05, 0) is 26.1 Å². The number of aromatic nitrogens is 2. The van der Waals surface area contributed by atoms with Gasteiger partial charge >= 0.3 is 0 Å². The van der Waals surface area contributed by atoms with Gasteiger partial charge in [-0.3, -0.25) is 25.2 Å². The minimum absolute atomic E-state index is 0.105. The number of amides is 2. The molecule has 0 aliphatic rings. The summed E-state index contributed by atoms with van der Waals surface area (Å²) >= 11 is 0. The predicted molar refractivity (Wildman–Crippen MR) is 99.6 cm³/mol. The van der Waals surface area contributed by atoms with Crippen molar-refractivity contribution < 1.29 is 9.59 Å². The minimum atomic E-state index is -0.558. The summed E-state index contributed by atoms with van der Waals surface area (Å²) < 4.78 is 1.30.